The van der Waals surface area contributed by atoms with E-state index < -0.39 is 11.9 Å². The van der Waals surface area contributed by atoms with Gasteiger partial charge in [-0.1, -0.05) is 38.5 Å². The lowest BCUT2D eigenvalue weighted by molar-refractivity contribution is -0.137. The smallest absolute Gasteiger partial charge is 0.303 e. The largest absolute Gasteiger partial charge is 0.481 e. The minimum absolute atomic E-state index is 0.0286. The summed E-state index contributed by atoms with van der Waals surface area (Å²) in [6.45, 7) is 3.44. The van der Waals surface area contributed by atoms with E-state index in [1.807, 2.05) is 0 Å². The molecule has 0 bridgehead atoms. The van der Waals surface area contributed by atoms with Crippen LogP contribution in [0.5, 0.6) is 0 Å². The third-order valence-electron chi connectivity index (χ3n) is 2.92. The van der Waals surface area contributed by atoms with Crippen LogP contribution in [0, 0.1) is 0 Å². The highest BCUT2D eigenvalue weighted by Crippen LogP contribution is 2.34. The third-order valence-corrected chi connectivity index (χ3v) is 2.92. The monoisotopic (exact) mass is 256 g/mol. The fourth-order valence-electron chi connectivity index (χ4n) is 1.91. The number of rotatable bonds is 6. The molecule has 4 heteroatoms. The van der Waals surface area contributed by atoms with E-state index in [4.69, 9.17) is 5.11 Å². The van der Waals surface area contributed by atoms with Gasteiger partial charge < -0.3 is 5.11 Å². The Morgan fingerprint density at radius 1 is 1.44 bits per heavy atom. The van der Waals surface area contributed by atoms with Crippen molar-refractivity contribution >= 4 is 5.97 Å². The Balaban J connectivity index is 2.95. The van der Waals surface area contributed by atoms with Gasteiger partial charge in [-0.15, -0.1) is 0 Å². The van der Waals surface area contributed by atoms with Crippen molar-refractivity contribution in [3.8, 4) is 0 Å². The maximum Gasteiger partial charge on any atom is 0.303 e. The average Bonchev–Trinajstić information content (AvgIpc) is 2.28. The number of hydrogen-bond donors (Lipinski definition) is 1. The molecule has 0 amide bonds. The molecule has 0 aromatic heterocycles. The summed E-state index contributed by atoms with van der Waals surface area (Å²) in [6.07, 6.45) is 0.161. The fraction of sp³-hybridized carbons (Fsp3) is 0.500. The van der Waals surface area contributed by atoms with Crippen molar-refractivity contribution in [2.24, 2.45) is 0 Å². The van der Waals surface area contributed by atoms with Crippen molar-refractivity contribution in [1.29, 1.82) is 0 Å². The molecule has 0 radical (unpaired) electrons. The first-order valence-electron chi connectivity index (χ1n) is 6.07. The summed E-state index contributed by atoms with van der Waals surface area (Å²) >= 11 is 0. The number of halogens is 2. The lowest BCUT2D eigenvalue weighted by atomic mass is 9.93. The Hall–Kier alpha value is -1.45. The third kappa shape index (κ3) is 3.79. The molecular formula is C14H18F2O2. The van der Waals surface area contributed by atoms with Crippen molar-refractivity contribution in [2.45, 2.75) is 45.0 Å². The Morgan fingerprint density at radius 3 is 2.67 bits per heavy atom. The second-order valence-electron chi connectivity index (χ2n) is 4.58. The van der Waals surface area contributed by atoms with Crippen molar-refractivity contribution in [3.05, 3.63) is 35.4 Å². The molecule has 1 aromatic rings. The first-order chi connectivity index (χ1) is 8.36. The Kier molecular flexibility index (Phi) is 4.82. The number of hydrogen-bond acceptors (Lipinski definition) is 1. The van der Waals surface area contributed by atoms with E-state index in [1.165, 1.54) is 12.1 Å². The van der Waals surface area contributed by atoms with Gasteiger partial charge >= 0.3 is 5.97 Å². The molecule has 0 aliphatic rings. The minimum atomic E-state index is -2.84. The van der Waals surface area contributed by atoms with Gasteiger partial charge in [0, 0.05) is 12.0 Å². The van der Waals surface area contributed by atoms with Gasteiger partial charge in [-0.05, 0) is 17.5 Å². The zero-order valence-corrected chi connectivity index (χ0v) is 10.6. The van der Waals surface area contributed by atoms with Crippen LogP contribution in [0.15, 0.2) is 24.3 Å². The quantitative estimate of drug-likeness (QED) is 0.829. The van der Waals surface area contributed by atoms with Gasteiger partial charge in [-0.3, -0.25) is 4.79 Å². The maximum absolute atomic E-state index is 13.7. The summed E-state index contributed by atoms with van der Waals surface area (Å²) in [5.41, 5.74) is 0.616. The molecule has 0 saturated carbocycles. The van der Waals surface area contributed by atoms with Crippen LogP contribution in [0.1, 0.15) is 50.2 Å². The molecule has 1 aromatic carbocycles. The SMILES string of the molecule is CCCC(F)(F)c1cccc(C(C)CC(=O)O)c1. The van der Waals surface area contributed by atoms with E-state index in [-0.39, 0.29) is 24.3 Å². The normalized spacial score (nSPS) is 13.3. The highest BCUT2D eigenvalue weighted by molar-refractivity contribution is 5.68. The summed E-state index contributed by atoms with van der Waals surface area (Å²) in [6, 6.07) is 6.07. The average molecular weight is 256 g/mol. The number of aliphatic carboxylic acids is 1. The zero-order chi connectivity index (χ0) is 13.8. The summed E-state index contributed by atoms with van der Waals surface area (Å²) < 4.78 is 27.5. The van der Waals surface area contributed by atoms with Gasteiger partial charge in [0.1, 0.15) is 0 Å². The zero-order valence-electron chi connectivity index (χ0n) is 10.6. The van der Waals surface area contributed by atoms with Crippen LogP contribution in [0.2, 0.25) is 0 Å². The molecular weight excluding hydrogens is 238 g/mol. The van der Waals surface area contributed by atoms with Gasteiger partial charge in [-0.25, -0.2) is 8.78 Å². The molecule has 2 nitrogen and oxygen atoms in total. The molecule has 100 valence electrons. The van der Waals surface area contributed by atoms with Crippen molar-refractivity contribution in [2.75, 3.05) is 0 Å². The summed E-state index contributed by atoms with van der Waals surface area (Å²) in [5.74, 6) is -4.03. The predicted molar refractivity (Wildman–Crippen MR) is 65.9 cm³/mol. The molecule has 1 atom stereocenters. The van der Waals surface area contributed by atoms with Gasteiger partial charge in [0.05, 0.1) is 6.42 Å². The molecule has 0 spiro atoms. The van der Waals surface area contributed by atoms with Crippen molar-refractivity contribution < 1.29 is 18.7 Å². The van der Waals surface area contributed by atoms with Crippen LogP contribution >= 0.6 is 0 Å². The number of alkyl halides is 2. The Labute approximate surface area is 106 Å². The van der Waals surface area contributed by atoms with Gasteiger partial charge in [0.2, 0.25) is 0 Å². The molecule has 18 heavy (non-hydrogen) atoms. The highest BCUT2D eigenvalue weighted by Gasteiger charge is 2.30. The van der Waals surface area contributed by atoms with E-state index in [2.05, 4.69) is 0 Å². The molecule has 1 N–H and O–H groups in total. The van der Waals surface area contributed by atoms with E-state index in [1.54, 1.807) is 26.0 Å². The van der Waals surface area contributed by atoms with E-state index in [9.17, 15) is 13.6 Å². The van der Waals surface area contributed by atoms with Crippen LogP contribution in [-0.4, -0.2) is 11.1 Å². The number of benzene rings is 1. The predicted octanol–water partition coefficient (Wildman–Crippen LogP) is 4.16. The lowest BCUT2D eigenvalue weighted by Gasteiger charge is -2.18. The minimum Gasteiger partial charge on any atom is -0.481 e. The fourth-order valence-corrected chi connectivity index (χ4v) is 1.91. The standard InChI is InChI=1S/C14H18F2O2/c1-3-7-14(15,16)12-6-4-5-11(9-12)10(2)8-13(17)18/h4-6,9-10H,3,7-8H2,1-2H3,(H,17,18). The number of carboxylic acid groups (broad SMARTS) is 1. The summed E-state index contributed by atoms with van der Waals surface area (Å²) in [5, 5.41) is 8.71. The van der Waals surface area contributed by atoms with E-state index in [0.29, 0.717) is 12.0 Å². The van der Waals surface area contributed by atoms with Crippen LogP contribution in [-0.2, 0) is 10.7 Å². The van der Waals surface area contributed by atoms with Crippen LogP contribution < -0.4 is 0 Å². The van der Waals surface area contributed by atoms with Crippen LogP contribution in [0.4, 0.5) is 8.78 Å². The summed E-state index contributed by atoms with van der Waals surface area (Å²) in [4.78, 5) is 10.6. The topological polar surface area (TPSA) is 37.3 Å². The highest BCUT2D eigenvalue weighted by atomic mass is 19.3. The van der Waals surface area contributed by atoms with Crippen LogP contribution in [0.25, 0.3) is 0 Å². The molecule has 0 aliphatic carbocycles. The van der Waals surface area contributed by atoms with E-state index >= 15 is 0 Å². The lowest BCUT2D eigenvalue weighted by Crippen LogP contribution is -2.13. The first kappa shape index (κ1) is 14.6. The second kappa shape index (κ2) is 5.94. The number of carboxylic acids is 1. The Bertz CT molecular complexity index is 416. The van der Waals surface area contributed by atoms with Gasteiger partial charge in [0.25, 0.3) is 5.92 Å². The molecule has 0 aliphatic heterocycles. The summed E-state index contributed by atoms with van der Waals surface area (Å²) in [7, 11) is 0. The molecule has 0 fully saturated rings. The van der Waals surface area contributed by atoms with Gasteiger partial charge in [0.15, 0.2) is 0 Å². The van der Waals surface area contributed by atoms with E-state index in [0.717, 1.165) is 0 Å². The maximum atomic E-state index is 13.7. The molecule has 0 saturated heterocycles. The van der Waals surface area contributed by atoms with Gasteiger partial charge in [-0.2, -0.15) is 0 Å². The first-order valence-corrected chi connectivity index (χ1v) is 6.07. The van der Waals surface area contributed by atoms with Crippen LogP contribution in [0.3, 0.4) is 0 Å². The molecule has 1 rings (SSSR count). The van der Waals surface area contributed by atoms with Crippen molar-refractivity contribution in [3.63, 3.8) is 0 Å². The molecule has 1 unspecified atom stereocenters. The molecule has 0 heterocycles. The van der Waals surface area contributed by atoms with Crippen molar-refractivity contribution in [1.82, 2.24) is 0 Å². The Morgan fingerprint density at radius 2 is 2.11 bits per heavy atom. The number of carbonyl (C=O) groups is 1. The second-order valence-corrected chi connectivity index (χ2v) is 4.58.